The van der Waals surface area contributed by atoms with Gasteiger partial charge in [0, 0.05) is 49.5 Å². The zero-order valence-electron chi connectivity index (χ0n) is 27.6. The molecule has 0 saturated carbocycles. The Bertz CT molecular complexity index is 1950. The lowest BCUT2D eigenvalue weighted by atomic mass is 10.0. The number of anilines is 3. The third-order valence-electron chi connectivity index (χ3n) is 8.63. The van der Waals surface area contributed by atoms with Crippen molar-refractivity contribution in [1.29, 1.82) is 0 Å². The van der Waals surface area contributed by atoms with Crippen LogP contribution in [-0.2, 0) is 6.54 Å². The van der Waals surface area contributed by atoms with Crippen molar-refractivity contribution < 1.29 is 9.59 Å². The number of nitrogens with two attached hydrogens (primary N) is 2. The predicted molar refractivity (Wildman–Crippen MR) is 198 cm³/mol. The molecule has 3 heterocycles. The molecule has 0 spiro atoms. The van der Waals surface area contributed by atoms with Crippen LogP contribution in [-0.4, -0.2) is 59.0 Å². The number of carbonyl (C=O) groups excluding carboxylic acids is 2. The van der Waals surface area contributed by atoms with Crippen LogP contribution in [0.3, 0.4) is 0 Å². The van der Waals surface area contributed by atoms with E-state index in [-0.39, 0.29) is 23.1 Å². The molecule has 1 atom stereocenters. The summed E-state index contributed by atoms with van der Waals surface area (Å²) < 4.78 is 0.823. The number of fused-ring (bicyclic) bond motifs is 1. The fraction of sp³-hybridized carbons (Fsp3) is 0.243. The Hall–Kier alpha value is -5.46. The molecule has 7 N–H and O–H groups in total. The van der Waals surface area contributed by atoms with Crippen LogP contribution < -0.4 is 32.3 Å². The van der Waals surface area contributed by atoms with Gasteiger partial charge in [0.15, 0.2) is 10.8 Å². The number of thiazole rings is 1. The minimum atomic E-state index is -0.567. The second-order valence-corrected chi connectivity index (χ2v) is 13.2. The van der Waals surface area contributed by atoms with E-state index in [1.54, 1.807) is 12.1 Å². The number of nitrogens with one attached hydrogen (secondary N) is 3. The molecule has 12 heteroatoms. The lowest BCUT2D eigenvalue weighted by Crippen LogP contribution is -2.44. The first-order valence-corrected chi connectivity index (χ1v) is 17.1. The van der Waals surface area contributed by atoms with Crippen LogP contribution in [0, 0.1) is 0 Å². The summed E-state index contributed by atoms with van der Waals surface area (Å²) in [4.78, 5) is 38.4. The molecule has 11 nitrogen and oxygen atoms in total. The molecule has 0 bridgehead atoms. The Labute approximate surface area is 290 Å². The van der Waals surface area contributed by atoms with E-state index in [0.717, 1.165) is 65.6 Å². The van der Waals surface area contributed by atoms with Crippen LogP contribution in [0.4, 0.5) is 17.2 Å². The number of pyridine rings is 1. The third-order valence-corrected chi connectivity index (χ3v) is 9.68. The average molecular weight is 676 g/mol. The van der Waals surface area contributed by atoms with Gasteiger partial charge in [0.2, 0.25) is 0 Å². The summed E-state index contributed by atoms with van der Waals surface area (Å²) in [6, 6.07) is 28.1. The quantitative estimate of drug-likeness (QED) is 0.109. The number of likely N-dealkylation sites (tertiary alicyclic amines) is 1. The highest BCUT2D eigenvalue weighted by Crippen LogP contribution is 2.34. The molecular formula is C37H41N9O2S. The lowest BCUT2D eigenvalue weighted by Gasteiger charge is -2.34. The highest BCUT2D eigenvalue weighted by Gasteiger charge is 2.24. The van der Waals surface area contributed by atoms with Crippen LogP contribution in [0.15, 0.2) is 97.3 Å². The van der Waals surface area contributed by atoms with Crippen molar-refractivity contribution in [3.05, 3.63) is 113 Å². The molecule has 1 aliphatic heterocycles. The molecule has 3 aromatic carbocycles. The standard InChI is InChI=1S/C37H41N9O2S/c1-23(38)41-24(2)46(35-31(40-3)15-14-30(43-35)26-7-5-4-6-8-26)29-12-9-25(10-13-29)22-45-19-17-28(18-20-45)42-36(48)27-11-16-33-32(21-27)44-37(49-33)34(39)47/h4-16,21,24,28,40-41H,1,17-20,22,38H2,2-3H3,(H2,39,47)(H,42,48). The Morgan fingerprint density at radius 1 is 1.00 bits per heavy atom. The van der Waals surface area contributed by atoms with Crippen LogP contribution in [0.25, 0.3) is 21.5 Å². The number of aromatic nitrogens is 2. The summed E-state index contributed by atoms with van der Waals surface area (Å²) in [5.74, 6) is 0.437. The number of benzene rings is 3. The molecular weight excluding hydrogens is 635 g/mol. The largest absolute Gasteiger partial charge is 0.386 e. The summed E-state index contributed by atoms with van der Waals surface area (Å²) in [5.41, 5.74) is 17.4. The highest BCUT2D eigenvalue weighted by atomic mass is 32.1. The topological polar surface area (TPSA) is 155 Å². The zero-order valence-corrected chi connectivity index (χ0v) is 28.5. The van der Waals surface area contributed by atoms with Gasteiger partial charge in [-0.3, -0.25) is 14.5 Å². The van der Waals surface area contributed by atoms with Crippen LogP contribution in [0.2, 0.25) is 0 Å². The monoisotopic (exact) mass is 675 g/mol. The van der Waals surface area contributed by atoms with E-state index in [0.29, 0.717) is 16.9 Å². The van der Waals surface area contributed by atoms with Gasteiger partial charge in [-0.1, -0.05) is 49.0 Å². The molecule has 0 radical (unpaired) electrons. The molecule has 49 heavy (non-hydrogen) atoms. The molecule has 1 saturated heterocycles. The number of primary amides is 1. The van der Waals surface area contributed by atoms with Crippen LogP contribution >= 0.6 is 11.3 Å². The first-order chi connectivity index (χ1) is 23.7. The molecule has 0 aliphatic carbocycles. The highest BCUT2D eigenvalue weighted by molar-refractivity contribution is 7.20. The third kappa shape index (κ3) is 7.82. The Kier molecular flexibility index (Phi) is 10.1. The first kappa shape index (κ1) is 33.4. The van der Waals surface area contributed by atoms with Gasteiger partial charge in [0.1, 0.15) is 6.17 Å². The van der Waals surface area contributed by atoms with Gasteiger partial charge in [0.05, 0.1) is 27.4 Å². The SMILES string of the molecule is C=C(N)NC(C)N(c1ccc(CN2CCC(NC(=O)c3ccc4sc(C(N)=O)nc4c3)CC2)cc1)c1nc(-c2ccccc2)ccc1NC. The summed E-state index contributed by atoms with van der Waals surface area (Å²) in [6.45, 7) is 8.44. The van der Waals surface area contributed by atoms with E-state index in [2.05, 4.69) is 73.7 Å². The number of hydrogen-bond donors (Lipinski definition) is 5. The van der Waals surface area contributed by atoms with Gasteiger partial charge in [-0.2, -0.15) is 0 Å². The minimum Gasteiger partial charge on any atom is -0.386 e. The first-order valence-electron chi connectivity index (χ1n) is 16.3. The second-order valence-electron chi connectivity index (χ2n) is 12.2. The molecule has 252 valence electrons. The predicted octanol–water partition coefficient (Wildman–Crippen LogP) is 5.40. The molecule has 1 unspecified atom stereocenters. The van der Waals surface area contributed by atoms with E-state index in [4.69, 9.17) is 16.5 Å². The normalized spacial score (nSPS) is 14.2. The maximum absolute atomic E-state index is 13.0. The van der Waals surface area contributed by atoms with Crippen LogP contribution in [0.1, 0.15) is 45.5 Å². The van der Waals surface area contributed by atoms with Crippen molar-refractivity contribution in [3.8, 4) is 11.3 Å². The van der Waals surface area contributed by atoms with Crippen molar-refractivity contribution in [1.82, 2.24) is 25.5 Å². The molecule has 2 amide bonds. The van der Waals surface area contributed by atoms with E-state index >= 15 is 0 Å². The number of piperidine rings is 1. The van der Waals surface area contributed by atoms with Crippen molar-refractivity contribution in [2.75, 3.05) is 30.4 Å². The van der Waals surface area contributed by atoms with E-state index < -0.39 is 5.91 Å². The average Bonchev–Trinajstić information content (AvgIpc) is 3.54. The van der Waals surface area contributed by atoms with Gasteiger partial charge in [0.25, 0.3) is 11.8 Å². The number of rotatable bonds is 12. The van der Waals surface area contributed by atoms with Crippen molar-refractivity contribution in [3.63, 3.8) is 0 Å². The van der Waals surface area contributed by atoms with Gasteiger partial charge >= 0.3 is 0 Å². The second kappa shape index (κ2) is 14.8. The van der Waals surface area contributed by atoms with Gasteiger partial charge in [-0.05, 0) is 67.8 Å². The number of amides is 2. The Morgan fingerprint density at radius 2 is 1.73 bits per heavy atom. The van der Waals surface area contributed by atoms with Crippen molar-refractivity contribution >= 4 is 50.6 Å². The summed E-state index contributed by atoms with van der Waals surface area (Å²) in [7, 11) is 1.89. The van der Waals surface area contributed by atoms with Gasteiger partial charge < -0.3 is 32.3 Å². The van der Waals surface area contributed by atoms with E-state index in [1.807, 2.05) is 50.4 Å². The Morgan fingerprint density at radius 3 is 2.41 bits per heavy atom. The van der Waals surface area contributed by atoms with Crippen molar-refractivity contribution in [2.24, 2.45) is 11.5 Å². The molecule has 6 rings (SSSR count). The molecule has 5 aromatic rings. The Balaban J connectivity index is 1.11. The maximum atomic E-state index is 13.0. The smallest absolute Gasteiger partial charge is 0.277 e. The van der Waals surface area contributed by atoms with Crippen LogP contribution in [0.5, 0.6) is 0 Å². The molecule has 1 fully saturated rings. The molecule has 2 aromatic heterocycles. The van der Waals surface area contributed by atoms with Gasteiger partial charge in [-0.25, -0.2) is 9.97 Å². The lowest BCUT2D eigenvalue weighted by molar-refractivity contribution is 0.0908. The number of nitrogens with zero attached hydrogens (tertiary/aromatic N) is 4. The fourth-order valence-corrected chi connectivity index (χ4v) is 6.96. The minimum absolute atomic E-state index is 0.0822. The summed E-state index contributed by atoms with van der Waals surface area (Å²) >= 11 is 1.23. The van der Waals surface area contributed by atoms with Gasteiger partial charge in [-0.15, -0.1) is 11.3 Å². The fourth-order valence-electron chi connectivity index (χ4n) is 6.16. The van der Waals surface area contributed by atoms with E-state index in [9.17, 15) is 9.59 Å². The summed E-state index contributed by atoms with van der Waals surface area (Å²) in [6.07, 6.45) is 1.47. The molecule has 1 aliphatic rings. The number of carbonyl (C=O) groups is 2. The maximum Gasteiger partial charge on any atom is 0.277 e. The number of hydrogen-bond acceptors (Lipinski definition) is 10. The zero-order chi connectivity index (χ0) is 34.5. The summed E-state index contributed by atoms with van der Waals surface area (Å²) in [5, 5.41) is 9.97. The van der Waals surface area contributed by atoms with Crippen molar-refractivity contribution in [2.45, 2.75) is 38.5 Å². The van der Waals surface area contributed by atoms with E-state index in [1.165, 1.54) is 16.9 Å².